The second kappa shape index (κ2) is 5.48. The number of piperazine rings is 1. The number of rotatable bonds is 2. The first kappa shape index (κ1) is 11.6. The SMILES string of the molecule is CC=CC(=O)N1CCN(c2ccccn2)CC1. The molecule has 0 aliphatic carbocycles. The zero-order valence-electron chi connectivity index (χ0n) is 10.0. The van der Waals surface area contributed by atoms with Crippen molar-refractivity contribution in [1.82, 2.24) is 9.88 Å². The molecule has 1 aromatic rings. The van der Waals surface area contributed by atoms with Crippen molar-refractivity contribution < 1.29 is 4.79 Å². The van der Waals surface area contributed by atoms with E-state index in [1.54, 1.807) is 18.3 Å². The number of anilines is 1. The fraction of sp³-hybridized carbons (Fsp3) is 0.385. The second-order valence-corrected chi connectivity index (χ2v) is 4.00. The molecule has 0 spiro atoms. The zero-order valence-corrected chi connectivity index (χ0v) is 10.0. The van der Waals surface area contributed by atoms with Crippen LogP contribution in [0.1, 0.15) is 6.92 Å². The smallest absolute Gasteiger partial charge is 0.246 e. The van der Waals surface area contributed by atoms with Gasteiger partial charge in [0.1, 0.15) is 5.82 Å². The number of allylic oxidation sites excluding steroid dienone is 1. The summed E-state index contributed by atoms with van der Waals surface area (Å²) in [6.07, 6.45) is 5.20. The molecule has 1 aliphatic rings. The molecule has 4 nitrogen and oxygen atoms in total. The van der Waals surface area contributed by atoms with E-state index >= 15 is 0 Å². The van der Waals surface area contributed by atoms with Crippen LogP contribution in [0.2, 0.25) is 0 Å². The van der Waals surface area contributed by atoms with Gasteiger partial charge in [0.15, 0.2) is 0 Å². The minimum Gasteiger partial charge on any atom is -0.353 e. The first-order valence-corrected chi connectivity index (χ1v) is 5.89. The molecule has 0 unspecified atom stereocenters. The van der Waals surface area contributed by atoms with E-state index in [0.717, 1.165) is 32.0 Å². The zero-order chi connectivity index (χ0) is 12.1. The molecule has 17 heavy (non-hydrogen) atoms. The van der Waals surface area contributed by atoms with Crippen LogP contribution < -0.4 is 4.90 Å². The maximum absolute atomic E-state index is 11.6. The predicted molar refractivity (Wildman–Crippen MR) is 67.8 cm³/mol. The first-order valence-electron chi connectivity index (χ1n) is 5.89. The van der Waals surface area contributed by atoms with Gasteiger partial charge in [-0.1, -0.05) is 12.1 Å². The van der Waals surface area contributed by atoms with Gasteiger partial charge in [-0.25, -0.2) is 4.98 Å². The lowest BCUT2D eigenvalue weighted by Gasteiger charge is -2.34. The van der Waals surface area contributed by atoms with Crippen molar-refractivity contribution in [3.05, 3.63) is 36.5 Å². The van der Waals surface area contributed by atoms with Crippen LogP contribution in [0.5, 0.6) is 0 Å². The molecule has 2 rings (SSSR count). The highest BCUT2D eigenvalue weighted by molar-refractivity contribution is 5.87. The largest absolute Gasteiger partial charge is 0.353 e. The van der Waals surface area contributed by atoms with E-state index in [0.29, 0.717) is 0 Å². The summed E-state index contributed by atoms with van der Waals surface area (Å²) in [6, 6.07) is 5.90. The topological polar surface area (TPSA) is 36.4 Å². The van der Waals surface area contributed by atoms with E-state index in [9.17, 15) is 4.79 Å². The monoisotopic (exact) mass is 231 g/mol. The van der Waals surface area contributed by atoms with Gasteiger partial charge in [-0.3, -0.25) is 4.79 Å². The highest BCUT2D eigenvalue weighted by atomic mass is 16.2. The fourth-order valence-corrected chi connectivity index (χ4v) is 1.94. The van der Waals surface area contributed by atoms with Gasteiger partial charge in [0.2, 0.25) is 5.91 Å². The van der Waals surface area contributed by atoms with Crippen molar-refractivity contribution in [3.63, 3.8) is 0 Å². The summed E-state index contributed by atoms with van der Waals surface area (Å²) in [5.74, 6) is 1.10. The Morgan fingerprint density at radius 2 is 2.06 bits per heavy atom. The van der Waals surface area contributed by atoms with E-state index in [-0.39, 0.29) is 5.91 Å². The minimum absolute atomic E-state index is 0.105. The Bertz CT molecular complexity index is 394. The third kappa shape index (κ3) is 2.84. The average molecular weight is 231 g/mol. The molecule has 1 aromatic heterocycles. The van der Waals surface area contributed by atoms with Gasteiger partial charge in [-0.15, -0.1) is 0 Å². The predicted octanol–water partition coefficient (Wildman–Crippen LogP) is 1.31. The van der Waals surface area contributed by atoms with Crippen LogP contribution in [-0.4, -0.2) is 42.0 Å². The molecule has 1 aliphatic heterocycles. The molecule has 0 radical (unpaired) electrons. The molecular formula is C13H17N3O. The number of amides is 1. The maximum Gasteiger partial charge on any atom is 0.246 e. The van der Waals surface area contributed by atoms with Crippen LogP contribution in [0.3, 0.4) is 0 Å². The Balaban J connectivity index is 1.92. The number of carbonyl (C=O) groups is 1. The summed E-state index contributed by atoms with van der Waals surface area (Å²) in [5, 5.41) is 0. The van der Waals surface area contributed by atoms with Gasteiger partial charge in [0, 0.05) is 32.4 Å². The van der Waals surface area contributed by atoms with E-state index in [2.05, 4.69) is 9.88 Å². The molecule has 0 atom stereocenters. The van der Waals surface area contributed by atoms with Crippen molar-refractivity contribution in [2.45, 2.75) is 6.92 Å². The van der Waals surface area contributed by atoms with Crippen LogP contribution in [0.25, 0.3) is 0 Å². The van der Waals surface area contributed by atoms with Crippen LogP contribution in [0, 0.1) is 0 Å². The Kier molecular flexibility index (Phi) is 3.75. The van der Waals surface area contributed by atoms with Crippen molar-refractivity contribution in [3.8, 4) is 0 Å². The normalized spacial score (nSPS) is 16.5. The molecule has 4 heteroatoms. The number of hydrogen-bond acceptors (Lipinski definition) is 3. The Morgan fingerprint density at radius 1 is 1.29 bits per heavy atom. The lowest BCUT2D eigenvalue weighted by Crippen LogP contribution is -2.48. The van der Waals surface area contributed by atoms with E-state index in [1.165, 1.54) is 0 Å². The lowest BCUT2D eigenvalue weighted by atomic mass is 10.3. The quantitative estimate of drug-likeness (QED) is 0.720. The van der Waals surface area contributed by atoms with Gasteiger partial charge < -0.3 is 9.80 Å². The van der Waals surface area contributed by atoms with Gasteiger partial charge >= 0.3 is 0 Å². The third-order valence-electron chi connectivity index (χ3n) is 2.87. The highest BCUT2D eigenvalue weighted by Gasteiger charge is 2.19. The summed E-state index contributed by atoms with van der Waals surface area (Å²) in [6.45, 7) is 5.09. The Labute approximate surface area is 102 Å². The minimum atomic E-state index is 0.105. The van der Waals surface area contributed by atoms with Crippen LogP contribution in [0.4, 0.5) is 5.82 Å². The summed E-state index contributed by atoms with van der Waals surface area (Å²) in [5.41, 5.74) is 0. The van der Waals surface area contributed by atoms with Crippen LogP contribution in [0.15, 0.2) is 36.5 Å². The highest BCUT2D eigenvalue weighted by Crippen LogP contribution is 2.12. The van der Waals surface area contributed by atoms with E-state index in [1.807, 2.05) is 30.0 Å². The molecule has 0 N–H and O–H groups in total. The molecule has 0 bridgehead atoms. The second-order valence-electron chi connectivity index (χ2n) is 4.00. The van der Waals surface area contributed by atoms with Crippen molar-refractivity contribution in [2.75, 3.05) is 31.1 Å². The summed E-state index contributed by atoms with van der Waals surface area (Å²) in [4.78, 5) is 20.0. The van der Waals surface area contributed by atoms with Crippen LogP contribution in [-0.2, 0) is 4.79 Å². The van der Waals surface area contributed by atoms with Gasteiger partial charge in [0.05, 0.1) is 0 Å². The molecule has 90 valence electrons. The van der Waals surface area contributed by atoms with Crippen molar-refractivity contribution in [1.29, 1.82) is 0 Å². The fourth-order valence-electron chi connectivity index (χ4n) is 1.94. The molecule has 0 aromatic carbocycles. The van der Waals surface area contributed by atoms with Crippen LogP contribution >= 0.6 is 0 Å². The Hall–Kier alpha value is -1.84. The number of nitrogens with zero attached hydrogens (tertiary/aromatic N) is 3. The van der Waals surface area contributed by atoms with E-state index in [4.69, 9.17) is 0 Å². The maximum atomic E-state index is 11.6. The van der Waals surface area contributed by atoms with Crippen molar-refractivity contribution in [2.24, 2.45) is 0 Å². The molecule has 0 saturated carbocycles. The van der Waals surface area contributed by atoms with Crippen molar-refractivity contribution >= 4 is 11.7 Å². The standard InChI is InChI=1S/C13H17N3O/c1-2-5-13(17)16-10-8-15(9-11-16)12-6-3-4-7-14-12/h2-7H,8-11H2,1H3. The molecule has 1 fully saturated rings. The number of hydrogen-bond donors (Lipinski definition) is 0. The molecule has 2 heterocycles. The third-order valence-corrected chi connectivity index (χ3v) is 2.87. The molecule has 1 saturated heterocycles. The van der Waals surface area contributed by atoms with Gasteiger partial charge in [0.25, 0.3) is 0 Å². The number of aromatic nitrogens is 1. The average Bonchev–Trinajstić information content (AvgIpc) is 2.40. The van der Waals surface area contributed by atoms with E-state index < -0.39 is 0 Å². The molecule has 1 amide bonds. The lowest BCUT2D eigenvalue weighted by molar-refractivity contribution is -0.126. The van der Waals surface area contributed by atoms with Gasteiger partial charge in [-0.05, 0) is 25.1 Å². The Morgan fingerprint density at radius 3 is 2.65 bits per heavy atom. The number of carbonyl (C=O) groups excluding carboxylic acids is 1. The number of pyridine rings is 1. The summed E-state index contributed by atoms with van der Waals surface area (Å²) >= 11 is 0. The molecular weight excluding hydrogens is 214 g/mol. The summed E-state index contributed by atoms with van der Waals surface area (Å²) < 4.78 is 0. The summed E-state index contributed by atoms with van der Waals surface area (Å²) in [7, 11) is 0. The first-order chi connectivity index (χ1) is 8.31. The van der Waals surface area contributed by atoms with Gasteiger partial charge in [-0.2, -0.15) is 0 Å².